The summed E-state index contributed by atoms with van der Waals surface area (Å²) in [6, 6.07) is 16.3. The molecule has 11 heteroatoms. The lowest BCUT2D eigenvalue weighted by Crippen LogP contribution is -2.38. The monoisotopic (exact) mass is 611 g/mol. The molecule has 0 aliphatic carbocycles. The van der Waals surface area contributed by atoms with Crippen molar-refractivity contribution >= 4 is 39.6 Å². The molecule has 1 fully saturated rings. The summed E-state index contributed by atoms with van der Waals surface area (Å²) in [4.78, 5) is 56.6. The van der Waals surface area contributed by atoms with Gasteiger partial charge in [0.1, 0.15) is 6.04 Å². The van der Waals surface area contributed by atoms with Gasteiger partial charge < -0.3 is 25.2 Å². The number of aryl methyl sites for hydroxylation is 1. The van der Waals surface area contributed by atoms with Crippen LogP contribution in [-0.2, 0) is 16.1 Å². The highest BCUT2D eigenvalue weighted by atomic mass is 16.6. The lowest BCUT2D eigenvalue weighted by molar-refractivity contribution is -0.384. The quantitative estimate of drug-likeness (QED) is 0.165. The van der Waals surface area contributed by atoms with Crippen molar-refractivity contribution in [2.45, 2.75) is 51.6 Å². The number of nitro benzene ring substituents is 1. The largest absolute Gasteiger partial charge is 0.396 e. The van der Waals surface area contributed by atoms with Crippen LogP contribution in [0.15, 0.2) is 71.7 Å². The third kappa shape index (κ3) is 6.73. The van der Waals surface area contributed by atoms with Gasteiger partial charge in [0.15, 0.2) is 0 Å². The topological polar surface area (TPSA) is 149 Å². The number of carbonyl (C=O) groups is 2. The molecule has 3 aromatic carbocycles. The number of likely N-dealkylation sites (N-methyl/N-ethyl adjacent to an activating group) is 1. The molecular formula is C34H37N5O6. The van der Waals surface area contributed by atoms with Gasteiger partial charge in [-0.25, -0.2) is 0 Å². The van der Waals surface area contributed by atoms with E-state index in [2.05, 4.69) is 10.3 Å². The molecule has 0 saturated carbocycles. The molecule has 2 amide bonds. The van der Waals surface area contributed by atoms with Gasteiger partial charge in [0.2, 0.25) is 11.8 Å². The third-order valence-electron chi connectivity index (χ3n) is 8.44. The molecule has 2 heterocycles. The number of aliphatic hydroxyl groups excluding tert-OH is 1. The molecule has 1 aliphatic rings. The summed E-state index contributed by atoms with van der Waals surface area (Å²) < 4.78 is 0. The summed E-state index contributed by atoms with van der Waals surface area (Å²) in [5.74, 6) is -0.452. The number of hydrogen-bond donors (Lipinski definition) is 3. The highest BCUT2D eigenvalue weighted by Crippen LogP contribution is 2.32. The van der Waals surface area contributed by atoms with Crippen LogP contribution in [0, 0.1) is 17.0 Å². The molecule has 0 radical (unpaired) electrons. The number of amides is 2. The van der Waals surface area contributed by atoms with E-state index in [1.807, 2.05) is 32.0 Å². The molecule has 0 bridgehead atoms. The van der Waals surface area contributed by atoms with Crippen LogP contribution in [0.3, 0.4) is 0 Å². The second-order valence-electron chi connectivity index (χ2n) is 11.7. The minimum absolute atomic E-state index is 0.0137. The van der Waals surface area contributed by atoms with Crippen LogP contribution in [0.4, 0.5) is 17.1 Å². The van der Waals surface area contributed by atoms with Crippen molar-refractivity contribution in [2.24, 2.45) is 0 Å². The summed E-state index contributed by atoms with van der Waals surface area (Å²) in [5, 5.41) is 25.9. The Morgan fingerprint density at radius 2 is 1.91 bits per heavy atom. The van der Waals surface area contributed by atoms with E-state index in [-0.39, 0.29) is 42.1 Å². The Balaban J connectivity index is 1.52. The first-order valence-corrected chi connectivity index (χ1v) is 15.0. The maximum atomic E-state index is 14.3. The number of aromatic amines is 1. The number of aromatic nitrogens is 1. The number of aliphatic hydroxyl groups is 1. The molecule has 1 saturated heterocycles. The van der Waals surface area contributed by atoms with E-state index >= 15 is 0 Å². The number of rotatable bonds is 10. The van der Waals surface area contributed by atoms with Gasteiger partial charge in [0.05, 0.1) is 4.92 Å². The van der Waals surface area contributed by atoms with Gasteiger partial charge in [0.25, 0.3) is 11.2 Å². The lowest BCUT2D eigenvalue weighted by atomic mass is 9.93. The number of fused-ring (bicyclic) bond motifs is 1. The molecule has 1 aliphatic heterocycles. The average molecular weight is 612 g/mol. The molecule has 3 N–H and O–H groups in total. The van der Waals surface area contributed by atoms with Crippen molar-refractivity contribution in [3.63, 3.8) is 0 Å². The van der Waals surface area contributed by atoms with Crippen LogP contribution in [-0.4, -0.2) is 51.9 Å². The van der Waals surface area contributed by atoms with Gasteiger partial charge in [-0.2, -0.15) is 0 Å². The van der Waals surface area contributed by atoms with Crippen LogP contribution in [0.2, 0.25) is 0 Å². The second-order valence-corrected chi connectivity index (χ2v) is 11.7. The molecule has 45 heavy (non-hydrogen) atoms. The molecular weight excluding hydrogens is 574 g/mol. The molecule has 5 rings (SSSR count). The highest BCUT2D eigenvalue weighted by Gasteiger charge is 2.28. The average Bonchev–Trinajstić information content (AvgIpc) is 3.03. The summed E-state index contributed by atoms with van der Waals surface area (Å²) in [7, 11) is 1.62. The Morgan fingerprint density at radius 1 is 1.11 bits per heavy atom. The molecule has 2 atom stereocenters. The van der Waals surface area contributed by atoms with Crippen LogP contribution < -0.4 is 15.8 Å². The minimum atomic E-state index is -0.883. The highest BCUT2D eigenvalue weighted by molar-refractivity contribution is 5.95. The normalized spacial score (nSPS) is 14.7. The summed E-state index contributed by atoms with van der Waals surface area (Å²) in [6.07, 6.45) is 3.59. The van der Waals surface area contributed by atoms with E-state index in [4.69, 9.17) is 0 Å². The molecule has 4 aromatic rings. The molecule has 11 nitrogen and oxygen atoms in total. The third-order valence-corrected chi connectivity index (χ3v) is 8.44. The van der Waals surface area contributed by atoms with Crippen molar-refractivity contribution in [2.75, 3.05) is 30.4 Å². The molecule has 1 unspecified atom stereocenters. The van der Waals surface area contributed by atoms with Gasteiger partial charge in [0, 0.05) is 79.7 Å². The number of nitrogens with zero attached hydrogens (tertiary/aromatic N) is 3. The van der Waals surface area contributed by atoms with Crippen LogP contribution in [0.1, 0.15) is 60.4 Å². The maximum absolute atomic E-state index is 14.3. The number of anilines is 2. The van der Waals surface area contributed by atoms with Crippen LogP contribution in [0.5, 0.6) is 0 Å². The minimum Gasteiger partial charge on any atom is -0.396 e. The fraction of sp³-hybridized carbons (Fsp3) is 0.324. The number of pyridine rings is 1. The first-order valence-electron chi connectivity index (χ1n) is 15.0. The summed E-state index contributed by atoms with van der Waals surface area (Å²) in [5.41, 5.74) is 3.79. The van der Waals surface area contributed by atoms with E-state index in [9.17, 15) is 29.6 Å². The number of piperidine rings is 1. The van der Waals surface area contributed by atoms with E-state index in [0.29, 0.717) is 40.9 Å². The fourth-order valence-corrected chi connectivity index (χ4v) is 5.95. The predicted molar refractivity (Wildman–Crippen MR) is 173 cm³/mol. The van der Waals surface area contributed by atoms with Crippen molar-refractivity contribution in [1.29, 1.82) is 0 Å². The number of hydrogen-bond acceptors (Lipinski definition) is 7. The number of nitro groups is 1. The summed E-state index contributed by atoms with van der Waals surface area (Å²) in [6.45, 7) is 4.36. The van der Waals surface area contributed by atoms with E-state index < -0.39 is 11.0 Å². The molecule has 0 spiro atoms. The Morgan fingerprint density at radius 3 is 2.62 bits per heavy atom. The van der Waals surface area contributed by atoms with Gasteiger partial charge in [-0.1, -0.05) is 31.2 Å². The van der Waals surface area contributed by atoms with E-state index in [1.165, 1.54) is 17.0 Å². The first-order chi connectivity index (χ1) is 21.6. The Bertz CT molecular complexity index is 1820. The SMILES string of the molecule is Cc1cc(C(Nc2ccc3cc[nH]c(=O)c3c2)C(=O)N(C)Cc2cc([N+](=O)[O-])ccc2N2CCCCC2=O)ccc1[C@@H](C)CO. The summed E-state index contributed by atoms with van der Waals surface area (Å²) >= 11 is 0. The number of non-ortho nitro benzene ring substituents is 1. The smallest absolute Gasteiger partial charge is 0.269 e. The van der Waals surface area contributed by atoms with Crippen molar-refractivity contribution < 1.29 is 19.6 Å². The Kier molecular flexibility index (Phi) is 9.29. The Labute approximate surface area is 260 Å². The van der Waals surface area contributed by atoms with Crippen molar-refractivity contribution in [1.82, 2.24) is 9.88 Å². The number of benzene rings is 3. The van der Waals surface area contributed by atoms with Gasteiger partial charge >= 0.3 is 0 Å². The van der Waals surface area contributed by atoms with E-state index in [1.54, 1.807) is 48.5 Å². The van der Waals surface area contributed by atoms with Crippen LogP contribution >= 0.6 is 0 Å². The van der Waals surface area contributed by atoms with Gasteiger partial charge in [-0.3, -0.25) is 24.5 Å². The zero-order valence-corrected chi connectivity index (χ0v) is 25.6. The lowest BCUT2D eigenvalue weighted by Gasteiger charge is -2.31. The zero-order chi connectivity index (χ0) is 32.2. The predicted octanol–water partition coefficient (Wildman–Crippen LogP) is 5.17. The second kappa shape index (κ2) is 13.3. The molecule has 1 aromatic heterocycles. The number of nitrogens with one attached hydrogen (secondary N) is 2. The maximum Gasteiger partial charge on any atom is 0.269 e. The van der Waals surface area contributed by atoms with Gasteiger partial charge in [-0.15, -0.1) is 0 Å². The van der Waals surface area contributed by atoms with Crippen LogP contribution in [0.25, 0.3) is 10.8 Å². The Hall–Kier alpha value is -5.03. The fourth-order valence-electron chi connectivity index (χ4n) is 5.95. The van der Waals surface area contributed by atoms with E-state index in [0.717, 1.165) is 29.4 Å². The first kappa shape index (κ1) is 31.4. The zero-order valence-electron chi connectivity index (χ0n) is 25.6. The van der Waals surface area contributed by atoms with Gasteiger partial charge in [-0.05, 0) is 66.1 Å². The van der Waals surface area contributed by atoms with Crippen molar-refractivity contribution in [3.8, 4) is 0 Å². The van der Waals surface area contributed by atoms with Crippen molar-refractivity contribution in [3.05, 3.63) is 110 Å². The standard InChI is InChI=1S/C34H37N5O6/c1-21-16-24(8-11-28(21)22(2)20-40)32(36-26-9-7-23-13-14-35-33(42)29(23)18-26)34(43)37(3)19-25-17-27(39(44)45)10-12-30(25)38-15-5-4-6-31(38)41/h7-14,16-18,22,32,36,40H,4-6,15,19-20H2,1-3H3,(H,35,42)/t22-,32?/m0/s1. The number of carbonyl (C=O) groups excluding carboxylic acids is 2. The molecule has 234 valence electrons. The number of H-pyrrole nitrogens is 1.